The normalized spacial score (nSPS) is 19.3. The highest BCUT2D eigenvalue weighted by Crippen LogP contribution is 2.22. The van der Waals surface area contributed by atoms with Gasteiger partial charge in [-0.25, -0.2) is 12.8 Å². The van der Waals surface area contributed by atoms with Gasteiger partial charge in [0.1, 0.15) is 5.82 Å². The number of rotatable bonds is 6. The van der Waals surface area contributed by atoms with Crippen LogP contribution in [0.5, 0.6) is 0 Å². The lowest BCUT2D eigenvalue weighted by Gasteiger charge is -2.38. The average Bonchev–Trinajstić information content (AvgIpc) is 2.85. The number of anilines is 2. The molecule has 0 spiro atoms. The van der Waals surface area contributed by atoms with Gasteiger partial charge in [0.15, 0.2) is 0 Å². The van der Waals surface area contributed by atoms with Gasteiger partial charge in [-0.05, 0) is 49.4 Å². The van der Waals surface area contributed by atoms with Crippen molar-refractivity contribution in [2.75, 3.05) is 62.7 Å². The second-order valence-electron chi connectivity index (χ2n) is 8.21. The Morgan fingerprint density at radius 3 is 2.33 bits per heavy atom. The van der Waals surface area contributed by atoms with Crippen LogP contribution in [-0.4, -0.2) is 82.1 Å². The van der Waals surface area contributed by atoms with Crippen molar-refractivity contribution in [2.24, 2.45) is 0 Å². The number of carbonyl (C=O) groups excluding carboxylic acids is 1. The van der Waals surface area contributed by atoms with Crippen LogP contribution in [0.3, 0.4) is 0 Å². The predicted octanol–water partition coefficient (Wildman–Crippen LogP) is 2.00. The molecule has 0 unspecified atom stereocenters. The van der Waals surface area contributed by atoms with E-state index in [-0.39, 0.29) is 22.7 Å². The van der Waals surface area contributed by atoms with Crippen molar-refractivity contribution in [3.05, 3.63) is 54.3 Å². The molecule has 2 aliphatic heterocycles. The van der Waals surface area contributed by atoms with Crippen LogP contribution in [0.2, 0.25) is 0 Å². The minimum absolute atomic E-state index is 0.155. The fourth-order valence-corrected chi connectivity index (χ4v) is 5.56. The van der Waals surface area contributed by atoms with E-state index in [4.69, 9.17) is 4.74 Å². The zero-order valence-corrected chi connectivity index (χ0v) is 19.4. The lowest BCUT2D eigenvalue weighted by molar-refractivity contribution is -0.120. The molecule has 1 atom stereocenters. The number of piperazine rings is 1. The Kier molecular flexibility index (Phi) is 7.28. The molecule has 1 amide bonds. The summed E-state index contributed by atoms with van der Waals surface area (Å²) >= 11 is 0. The van der Waals surface area contributed by atoms with Gasteiger partial charge in [-0.3, -0.25) is 9.69 Å². The number of benzene rings is 2. The van der Waals surface area contributed by atoms with Gasteiger partial charge in [-0.15, -0.1) is 0 Å². The van der Waals surface area contributed by atoms with Crippen LogP contribution in [0.4, 0.5) is 15.8 Å². The quantitative estimate of drug-likeness (QED) is 0.687. The van der Waals surface area contributed by atoms with Gasteiger partial charge in [-0.2, -0.15) is 4.31 Å². The Balaban J connectivity index is 1.35. The van der Waals surface area contributed by atoms with Gasteiger partial charge in [0.05, 0.1) is 24.2 Å². The van der Waals surface area contributed by atoms with Crippen LogP contribution in [0.25, 0.3) is 0 Å². The molecular weight excluding hydrogens is 447 g/mol. The molecule has 1 N–H and O–H groups in total. The van der Waals surface area contributed by atoms with Crippen LogP contribution < -0.4 is 10.2 Å². The number of nitrogens with one attached hydrogen (secondary N) is 1. The van der Waals surface area contributed by atoms with Crippen molar-refractivity contribution in [3.8, 4) is 0 Å². The zero-order valence-electron chi connectivity index (χ0n) is 18.6. The number of halogens is 1. The smallest absolute Gasteiger partial charge is 0.243 e. The summed E-state index contributed by atoms with van der Waals surface area (Å²) in [6, 6.07) is 12.4. The average molecular weight is 477 g/mol. The van der Waals surface area contributed by atoms with Crippen molar-refractivity contribution in [3.63, 3.8) is 0 Å². The van der Waals surface area contributed by atoms with E-state index in [9.17, 15) is 17.6 Å². The van der Waals surface area contributed by atoms with E-state index in [1.54, 1.807) is 30.3 Å². The van der Waals surface area contributed by atoms with Crippen LogP contribution in [0, 0.1) is 5.82 Å². The molecule has 2 aliphatic rings. The standard InChI is InChI=1S/C23H29FN4O4S/c1-18(26-9-11-27(12-10-26)21-7-5-19(24)6-8-21)23(29)25-20-3-2-4-22(17-20)33(30,31)28-13-15-32-16-14-28/h2-8,17-18H,9-16H2,1H3,(H,25,29)/t18-/m0/s1. The fourth-order valence-electron chi connectivity index (χ4n) is 4.10. The highest BCUT2D eigenvalue weighted by atomic mass is 32.2. The van der Waals surface area contributed by atoms with E-state index in [2.05, 4.69) is 15.1 Å². The topological polar surface area (TPSA) is 82.2 Å². The first-order valence-corrected chi connectivity index (χ1v) is 12.5. The SMILES string of the molecule is C[C@@H](C(=O)Nc1cccc(S(=O)(=O)N2CCOCC2)c1)N1CCN(c2ccc(F)cc2)CC1. The first-order valence-electron chi connectivity index (χ1n) is 11.1. The van der Waals surface area contributed by atoms with E-state index in [1.807, 2.05) is 6.92 Å². The van der Waals surface area contributed by atoms with Crippen LogP contribution >= 0.6 is 0 Å². The molecule has 2 saturated heterocycles. The first kappa shape index (κ1) is 23.6. The Hall–Kier alpha value is -2.53. The van der Waals surface area contributed by atoms with E-state index in [0.717, 1.165) is 18.8 Å². The zero-order chi connectivity index (χ0) is 23.4. The minimum Gasteiger partial charge on any atom is -0.379 e. The van der Waals surface area contributed by atoms with Crippen molar-refractivity contribution >= 4 is 27.3 Å². The third-order valence-electron chi connectivity index (χ3n) is 6.14. The maximum absolute atomic E-state index is 13.2. The summed E-state index contributed by atoms with van der Waals surface area (Å²) in [6.07, 6.45) is 0. The maximum atomic E-state index is 13.2. The summed E-state index contributed by atoms with van der Waals surface area (Å²) in [5.41, 5.74) is 1.41. The van der Waals surface area contributed by atoms with Gasteiger partial charge in [0.2, 0.25) is 15.9 Å². The fraction of sp³-hybridized carbons (Fsp3) is 0.435. The molecule has 2 fully saturated rings. The summed E-state index contributed by atoms with van der Waals surface area (Å²) in [6.45, 7) is 6.09. The molecule has 0 radical (unpaired) electrons. The number of hydrogen-bond acceptors (Lipinski definition) is 6. The Bertz CT molecular complexity index is 1070. The molecule has 8 nitrogen and oxygen atoms in total. The monoisotopic (exact) mass is 476 g/mol. The van der Waals surface area contributed by atoms with E-state index < -0.39 is 10.0 Å². The van der Waals surface area contributed by atoms with Gasteiger partial charge in [0.25, 0.3) is 0 Å². The molecule has 2 heterocycles. The number of ether oxygens (including phenoxy) is 1. The number of carbonyl (C=O) groups is 1. The molecule has 10 heteroatoms. The Labute approximate surface area is 194 Å². The molecule has 33 heavy (non-hydrogen) atoms. The van der Waals surface area contributed by atoms with Crippen molar-refractivity contribution in [1.82, 2.24) is 9.21 Å². The molecule has 0 saturated carbocycles. The molecule has 2 aromatic rings. The molecule has 0 aliphatic carbocycles. The largest absolute Gasteiger partial charge is 0.379 e. The van der Waals surface area contributed by atoms with E-state index in [1.165, 1.54) is 22.5 Å². The lowest BCUT2D eigenvalue weighted by atomic mass is 10.2. The molecular formula is C23H29FN4O4S. The van der Waals surface area contributed by atoms with Crippen molar-refractivity contribution < 1.29 is 22.3 Å². The third-order valence-corrected chi connectivity index (χ3v) is 8.04. The summed E-state index contributed by atoms with van der Waals surface area (Å²) in [5.74, 6) is -0.448. The van der Waals surface area contributed by atoms with Gasteiger partial charge >= 0.3 is 0 Å². The number of amides is 1. The number of hydrogen-bond donors (Lipinski definition) is 1. The van der Waals surface area contributed by atoms with E-state index in [0.29, 0.717) is 45.1 Å². The van der Waals surface area contributed by atoms with Crippen LogP contribution in [0.15, 0.2) is 53.4 Å². The number of sulfonamides is 1. The third kappa shape index (κ3) is 5.52. The Morgan fingerprint density at radius 1 is 1.00 bits per heavy atom. The Morgan fingerprint density at radius 2 is 1.67 bits per heavy atom. The molecule has 0 bridgehead atoms. The second kappa shape index (κ2) is 10.2. The highest BCUT2D eigenvalue weighted by Gasteiger charge is 2.28. The maximum Gasteiger partial charge on any atom is 0.243 e. The van der Waals surface area contributed by atoms with Gasteiger partial charge in [-0.1, -0.05) is 6.07 Å². The summed E-state index contributed by atoms with van der Waals surface area (Å²) in [4.78, 5) is 17.3. The van der Waals surface area contributed by atoms with Crippen molar-refractivity contribution in [1.29, 1.82) is 0 Å². The molecule has 4 rings (SSSR count). The number of nitrogens with zero attached hydrogens (tertiary/aromatic N) is 3. The van der Waals surface area contributed by atoms with Gasteiger partial charge in [0, 0.05) is 50.6 Å². The van der Waals surface area contributed by atoms with Crippen LogP contribution in [-0.2, 0) is 19.6 Å². The van der Waals surface area contributed by atoms with Crippen molar-refractivity contribution in [2.45, 2.75) is 17.9 Å². The van der Waals surface area contributed by atoms with Gasteiger partial charge < -0.3 is 15.0 Å². The summed E-state index contributed by atoms with van der Waals surface area (Å²) in [7, 11) is -3.63. The lowest BCUT2D eigenvalue weighted by Crippen LogP contribution is -2.52. The van der Waals surface area contributed by atoms with E-state index >= 15 is 0 Å². The minimum atomic E-state index is -3.63. The summed E-state index contributed by atoms with van der Waals surface area (Å²) in [5, 5.41) is 2.86. The first-order chi connectivity index (χ1) is 15.8. The van der Waals surface area contributed by atoms with Crippen LogP contribution in [0.1, 0.15) is 6.92 Å². The summed E-state index contributed by atoms with van der Waals surface area (Å²) < 4.78 is 45.6. The second-order valence-corrected chi connectivity index (χ2v) is 10.1. The highest BCUT2D eigenvalue weighted by molar-refractivity contribution is 7.89. The predicted molar refractivity (Wildman–Crippen MR) is 124 cm³/mol. The molecule has 2 aromatic carbocycles. The molecule has 0 aromatic heterocycles. The number of morpholine rings is 1. The molecule has 178 valence electrons.